The molecule has 0 heterocycles. The van der Waals surface area contributed by atoms with Crippen molar-refractivity contribution in [3.8, 4) is 0 Å². The van der Waals surface area contributed by atoms with Crippen molar-refractivity contribution in [1.29, 1.82) is 0 Å². The Morgan fingerprint density at radius 1 is 0.900 bits per heavy atom. The fourth-order valence-corrected chi connectivity index (χ4v) is 2.78. The summed E-state index contributed by atoms with van der Waals surface area (Å²) in [5, 5.41) is 0. The summed E-state index contributed by atoms with van der Waals surface area (Å²) in [6.07, 6.45) is 8.52. The highest BCUT2D eigenvalue weighted by Gasteiger charge is 2.33. The molecule has 2 radical (unpaired) electrons. The minimum absolute atomic E-state index is 0.549. The predicted molar refractivity (Wildman–Crippen MR) is 42.5 cm³/mol. The normalized spacial score (nSPS) is 47.1. The zero-order valence-corrected chi connectivity index (χ0v) is 6.55. The fraction of sp³-hybridized carbons (Fsp3) is 0.900. The molecule has 0 amide bonds. The Balaban J connectivity index is 1.97. The van der Waals surface area contributed by atoms with E-state index in [1.807, 2.05) is 0 Å². The molecule has 0 nitrogen and oxygen atoms in total. The van der Waals surface area contributed by atoms with Gasteiger partial charge in [0.2, 0.25) is 0 Å². The minimum atomic E-state index is 0.549. The van der Waals surface area contributed by atoms with Crippen LogP contribution in [0.15, 0.2) is 0 Å². The van der Waals surface area contributed by atoms with Crippen LogP contribution in [0.4, 0.5) is 0 Å². The van der Waals surface area contributed by atoms with Gasteiger partial charge in [-0.2, -0.15) is 0 Å². The Bertz CT molecular complexity index is 103. The largest absolute Gasteiger partial charge is 0.0530 e. The topological polar surface area (TPSA) is 0 Å². The van der Waals surface area contributed by atoms with Crippen LogP contribution in [0.2, 0.25) is 0 Å². The van der Waals surface area contributed by atoms with Crippen molar-refractivity contribution in [3.63, 3.8) is 0 Å². The Morgan fingerprint density at radius 2 is 1.40 bits per heavy atom. The highest BCUT2D eigenvalue weighted by atomic mass is 14.4. The molecule has 0 N–H and O–H groups in total. The van der Waals surface area contributed by atoms with Crippen LogP contribution >= 0.6 is 0 Å². The molecule has 0 saturated heterocycles. The Morgan fingerprint density at radius 3 is 1.90 bits per heavy atom. The zero-order chi connectivity index (χ0) is 6.97. The van der Waals surface area contributed by atoms with Crippen LogP contribution in [-0.2, 0) is 0 Å². The molecule has 2 aliphatic rings. The molecule has 2 rings (SSSR count). The second kappa shape index (κ2) is 2.56. The van der Waals surface area contributed by atoms with Crippen molar-refractivity contribution >= 4 is 0 Å². The molecule has 0 aromatic rings. The van der Waals surface area contributed by atoms with Gasteiger partial charge in [0.25, 0.3) is 0 Å². The molecule has 0 spiro atoms. The lowest BCUT2D eigenvalue weighted by molar-refractivity contribution is 0.277. The minimum Gasteiger partial charge on any atom is -0.0530 e. The van der Waals surface area contributed by atoms with Gasteiger partial charge in [-0.15, -0.1) is 0 Å². The summed E-state index contributed by atoms with van der Waals surface area (Å²) in [7, 11) is 0. The van der Waals surface area contributed by atoms with E-state index in [9.17, 15) is 0 Å². The number of fused-ring (bicyclic) bond motifs is 1. The van der Waals surface area contributed by atoms with Crippen LogP contribution in [0, 0.1) is 24.7 Å². The van der Waals surface area contributed by atoms with Crippen LogP contribution in [0.3, 0.4) is 0 Å². The van der Waals surface area contributed by atoms with E-state index in [2.05, 4.69) is 0 Å². The van der Waals surface area contributed by atoms with Crippen molar-refractivity contribution in [2.75, 3.05) is 0 Å². The number of rotatable bonds is 0. The summed E-state index contributed by atoms with van der Waals surface area (Å²) in [4.78, 5) is 0. The third-order valence-corrected chi connectivity index (χ3v) is 3.28. The third-order valence-electron chi connectivity index (χ3n) is 3.28. The molecule has 56 valence electrons. The molecule has 0 heteroatoms. The standard InChI is InChI=1S/C10H16/c1-8-6-9-4-2-3-5-10(9)7-8/h1,8-10H,2-7H2. The second-order valence-electron chi connectivity index (χ2n) is 4.04. The molecule has 2 saturated carbocycles. The summed E-state index contributed by atoms with van der Waals surface area (Å²) >= 11 is 0. The fourth-order valence-electron chi connectivity index (χ4n) is 2.78. The van der Waals surface area contributed by atoms with Crippen LogP contribution < -0.4 is 0 Å². The van der Waals surface area contributed by atoms with E-state index in [4.69, 9.17) is 6.92 Å². The summed E-state index contributed by atoms with van der Waals surface area (Å²) in [5.74, 6) is 2.58. The monoisotopic (exact) mass is 136 g/mol. The molecule has 10 heavy (non-hydrogen) atoms. The van der Waals surface area contributed by atoms with Crippen LogP contribution in [0.1, 0.15) is 38.5 Å². The van der Waals surface area contributed by atoms with Crippen LogP contribution in [0.25, 0.3) is 0 Å². The molecular formula is C10H16. The average Bonchev–Trinajstić information content (AvgIpc) is 2.27. The van der Waals surface area contributed by atoms with Gasteiger partial charge in [-0.05, 0) is 37.5 Å². The first-order chi connectivity index (χ1) is 4.86. The van der Waals surface area contributed by atoms with Gasteiger partial charge in [-0.3, -0.25) is 0 Å². The van der Waals surface area contributed by atoms with E-state index in [-0.39, 0.29) is 0 Å². The Hall–Kier alpha value is 0. The molecule has 0 aromatic carbocycles. The van der Waals surface area contributed by atoms with Crippen molar-refractivity contribution in [3.05, 3.63) is 6.92 Å². The summed E-state index contributed by atoms with van der Waals surface area (Å²) in [6, 6.07) is 0. The first-order valence-corrected chi connectivity index (χ1v) is 4.62. The Labute approximate surface area is 64.0 Å². The predicted octanol–water partition coefficient (Wildman–Crippen LogP) is 2.91. The summed E-state index contributed by atoms with van der Waals surface area (Å²) in [5.41, 5.74) is 0. The zero-order valence-electron chi connectivity index (χ0n) is 6.55. The maximum atomic E-state index is 5.89. The second-order valence-corrected chi connectivity index (χ2v) is 4.04. The van der Waals surface area contributed by atoms with Crippen molar-refractivity contribution in [1.82, 2.24) is 0 Å². The maximum absolute atomic E-state index is 5.89. The van der Waals surface area contributed by atoms with Gasteiger partial charge >= 0.3 is 0 Å². The quantitative estimate of drug-likeness (QED) is 0.480. The molecule has 0 bridgehead atoms. The van der Waals surface area contributed by atoms with Gasteiger partial charge in [0, 0.05) is 0 Å². The maximum Gasteiger partial charge on any atom is -0.0318 e. The lowest BCUT2D eigenvalue weighted by atomic mass is 9.82. The van der Waals surface area contributed by atoms with Crippen molar-refractivity contribution < 1.29 is 0 Å². The summed E-state index contributed by atoms with van der Waals surface area (Å²) in [6.45, 7) is 5.89. The lowest BCUT2D eigenvalue weighted by Gasteiger charge is -2.24. The van der Waals surface area contributed by atoms with E-state index in [0.29, 0.717) is 5.92 Å². The van der Waals surface area contributed by atoms with E-state index >= 15 is 0 Å². The van der Waals surface area contributed by atoms with Gasteiger partial charge in [-0.25, -0.2) is 0 Å². The lowest BCUT2D eigenvalue weighted by Crippen LogP contribution is -2.12. The number of hydrogen-bond donors (Lipinski definition) is 0. The van der Waals surface area contributed by atoms with Gasteiger partial charge in [0.1, 0.15) is 0 Å². The van der Waals surface area contributed by atoms with Crippen molar-refractivity contribution in [2.45, 2.75) is 38.5 Å². The molecular weight excluding hydrogens is 120 g/mol. The van der Waals surface area contributed by atoms with Gasteiger partial charge in [0.05, 0.1) is 0 Å². The van der Waals surface area contributed by atoms with E-state index < -0.39 is 0 Å². The summed E-state index contributed by atoms with van der Waals surface area (Å²) < 4.78 is 0. The van der Waals surface area contributed by atoms with Crippen LogP contribution in [-0.4, -0.2) is 0 Å². The SMILES string of the molecule is [CH]C1CC2CCCCC2C1. The molecule has 2 atom stereocenters. The van der Waals surface area contributed by atoms with E-state index in [1.54, 1.807) is 0 Å². The highest BCUT2D eigenvalue weighted by Crippen LogP contribution is 2.44. The van der Waals surface area contributed by atoms with Crippen LogP contribution in [0.5, 0.6) is 0 Å². The number of hydrogen-bond acceptors (Lipinski definition) is 0. The molecule has 0 aromatic heterocycles. The molecule has 2 aliphatic carbocycles. The van der Waals surface area contributed by atoms with Gasteiger partial charge in [-0.1, -0.05) is 25.7 Å². The van der Waals surface area contributed by atoms with E-state index in [0.717, 1.165) is 11.8 Å². The van der Waals surface area contributed by atoms with Crippen molar-refractivity contribution in [2.24, 2.45) is 17.8 Å². The van der Waals surface area contributed by atoms with Gasteiger partial charge in [0.15, 0.2) is 0 Å². The van der Waals surface area contributed by atoms with Gasteiger partial charge < -0.3 is 0 Å². The smallest absolute Gasteiger partial charge is 0.0318 e. The average molecular weight is 136 g/mol. The third kappa shape index (κ3) is 1.09. The Kier molecular flexibility index (Phi) is 1.71. The molecule has 0 aliphatic heterocycles. The molecule has 2 fully saturated rings. The first-order valence-electron chi connectivity index (χ1n) is 4.62. The van der Waals surface area contributed by atoms with E-state index in [1.165, 1.54) is 38.5 Å². The highest BCUT2D eigenvalue weighted by molar-refractivity contribution is 4.86. The molecule has 2 unspecified atom stereocenters. The first kappa shape index (κ1) is 6.69.